The van der Waals surface area contributed by atoms with Gasteiger partial charge in [0.1, 0.15) is 5.75 Å². The lowest BCUT2D eigenvalue weighted by Gasteiger charge is -2.16. The van der Waals surface area contributed by atoms with E-state index in [4.69, 9.17) is 4.74 Å². The lowest BCUT2D eigenvalue weighted by molar-refractivity contribution is -0.141. The molecule has 2 aromatic rings. The standard InChI is InChI=1S/C22H29N3O4/c1-14(2)13-25-20(15-8-9-15)18(12-24-25)21(26)23-11-17(22(27)28)10-16-6-4-5-7-19(16)29-3/h4-7,12,14-15,17H,8-11,13H2,1-3H3,(H,23,26)(H,27,28). The second-order valence-electron chi connectivity index (χ2n) is 8.05. The van der Waals surface area contributed by atoms with Crippen LogP contribution >= 0.6 is 0 Å². The summed E-state index contributed by atoms with van der Waals surface area (Å²) >= 11 is 0. The number of amides is 1. The molecule has 0 saturated heterocycles. The van der Waals surface area contributed by atoms with E-state index in [9.17, 15) is 14.7 Å². The SMILES string of the molecule is COc1ccccc1CC(CNC(=O)c1cnn(CC(C)C)c1C1CC1)C(=O)O. The molecule has 1 aromatic heterocycles. The summed E-state index contributed by atoms with van der Waals surface area (Å²) in [6.07, 6.45) is 4.02. The highest BCUT2D eigenvalue weighted by Gasteiger charge is 2.33. The molecule has 1 aliphatic rings. The van der Waals surface area contributed by atoms with Gasteiger partial charge in [0.25, 0.3) is 5.91 Å². The molecule has 1 heterocycles. The Morgan fingerprint density at radius 2 is 2.03 bits per heavy atom. The van der Waals surface area contributed by atoms with E-state index in [0.29, 0.717) is 23.1 Å². The molecular weight excluding hydrogens is 370 g/mol. The summed E-state index contributed by atoms with van der Waals surface area (Å²) in [5, 5.41) is 16.9. The predicted octanol–water partition coefficient (Wildman–Crippen LogP) is 3.10. The minimum absolute atomic E-state index is 0.0473. The Hall–Kier alpha value is -2.83. The first kappa shape index (κ1) is 20.9. The molecule has 7 heteroatoms. The van der Waals surface area contributed by atoms with Crippen LogP contribution in [0.25, 0.3) is 0 Å². The van der Waals surface area contributed by atoms with Gasteiger partial charge in [-0.2, -0.15) is 5.10 Å². The van der Waals surface area contributed by atoms with Crippen LogP contribution in [0.15, 0.2) is 30.5 Å². The molecule has 1 unspecified atom stereocenters. The van der Waals surface area contributed by atoms with Gasteiger partial charge in [-0.15, -0.1) is 0 Å². The average molecular weight is 399 g/mol. The molecule has 7 nitrogen and oxygen atoms in total. The quantitative estimate of drug-likeness (QED) is 0.640. The fourth-order valence-electron chi connectivity index (χ4n) is 3.54. The van der Waals surface area contributed by atoms with Gasteiger partial charge >= 0.3 is 5.97 Å². The second kappa shape index (κ2) is 9.11. The third-order valence-corrected chi connectivity index (χ3v) is 5.14. The van der Waals surface area contributed by atoms with Crippen molar-refractivity contribution in [1.29, 1.82) is 0 Å². The number of carbonyl (C=O) groups is 2. The molecule has 2 N–H and O–H groups in total. The zero-order valence-electron chi connectivity index (χ0n) is 17.2. The van der Waals surface area contributed by atoms with Crippen molar-refractivity contribution in [1.82, 2.24) is 15.1 Å². The highest BCUT2D eigenvalue weighted by atomic mass is 16.5. The van der Waals surface area contributed by atoms with Crippen LogP contribution in [0.2, 0.25) is 0 Å². The van der Waals surface area contributed by atoms with Crippen molar-refractivity contribution in [3.8, 4) is 5.75 Å². The predicted molar refractivity (Wildman–Crippen MR) is 109 cm³/mol. The van der Waals surface area contributed by atoms with Gasteiger partial charge in [-0.3, -0.25) is 14.3 Å². The minimum Gasteiger partial charge on any atom is -0.496 e. The van der Waals surface area contributed by atoms with Crippen LogP contribution in [-0.2, 0) is 17.8 Å². The molecule has 156 valence electrons. The Balaban J connectivity index is 1.70. The van der Waals surface area contributed by atoms with Crippen molar-refractivity contribution >= 4 is 11.9 Å². The van der Waals surface area contributed by atoms with Gasteiger partial charge in [0, 0.05) is 19.0 Å². The van der Waals surface area contributed by atoms with Crippen molar-refractivity contribution in [2.24, 2.45) is 11.8 Å². The van der Waals surface area contributed by atoms with E-state index in [0.717, 1.165) is 30.6 Å². The number of aromatic nitrogens is 2. The Morgan fingerprint density at radius 3 is 2.66 bits per heavy atom. The zero-order valence-corrected chi connectivity index (χ0v) is 17.2. The first-order valence-electron chi connectivity index (χ1n) is 10.1. The number of carboxylic acid groups (broad SMARTS) is 1. The maximum absolute atomic E-state index is 12.8. The number of methoxy groups -OCH3 is 1. The van der Waals surface area contributed by atoms with E-state index >= 15 is 0 Å². The largest absolute Gasteiger partial charge is 0.496 e. The van der Waals surface area contributed by atoms with Crippen LogP contribution in [0, 0.1) is 11.8 Å². The fraction of sp³-hybridized carbons (Fsp3) is 0.500. The number of nitrogens with one attached hydrogen (secondary N) is 1. The summed E-state index contributed by atoms with van der Waals surface area (Å²) in [6.45, 7) is 5.05. The monoisotopic (exact) mass is 399 g/mol. The first-order valence-corrected chi connectivity index (χ1v) is 10.1. The highest BCUT2D eigenvalue weighted by molar-refractivity contribution is 5.95. The van der Waals surface area contributed by atoms with Crippen LogP contribution in [0.1, 0.15) is 54.2 Å². The van der Waals surface area contributed by atoms with E-state index in [1.165, 1.54) is 0 Å². The molecule has 0 aliphatic heterocycles. The van der Waals surface area contributed by atoms with E-state index in [-0.39, 0.29) is 18.9 Å². The molecule has 0 spiro atoms. The van der Waals surface area contributed by atoms with Gasteiger partial charge in [0.2, 0.25) is 0 Å². The van der Waals surface area contributed by atoms with E-state index < -0.39 is 11.9 Å². The Morgan fingerprint density at radius 1 is 1.31 bits per heavy atom. The van der Waals surface area contributed by atoms with Crippen molar-refractivity contribution in [3.63, 3.8) is 0 Å². The molecule has 1 aromatic carbocycles. The maximum Gasteiger partial charge on any atom is 0.308 e. The molecular formula is C22H29N3O4. The third-order valence-electron chi connectivity index (χ3n) is 5.14. The Kier molecular flexibility index (Phi) is 6.56. The number of para-hydroxylation sites is 1. The van der Waals surface area contributed by atoms with E-state index in [1.807, 2.05) is 22.9 Å². The normalized spacial score (nSPS) is 14.6. The molecule has 1 aliphatic carbocycles. The fourth-order valence-corrected chi connectivity index (χ4v) is 3.54. The van der Waals surface area contributed by atoms with Crippen molar-refractivity contribution in [3.05, 3.63) is 47.3 Å². The topological polar surface area (TPSA) is 93.5 Å². The van der Waals surface area contributed by atoms with E-state index in [2.05, 4.69) is 24.3 Å². The molecule has 0 radical (unpaired) electrons. The number of ether oxygens (including phenoxy) is 1. The molecule has 1 saturated carbocycles. The first-order chi connectivity index (χ1) is 13.9. The van der Waals surface area contributed by atoms with Gasteiger partial charge in [0.15, 0.2) is 0 Å². The van der Waals surface area contributed by atoms with Gasteiger partial charge in [-0.25, -0.2) is 0 Å². The summed E-state index contributed by atoms with van der Waals surface area (Å²) in [5.41, 5.74) is 2.35. The molecule has 3 rings (SSSR count). The smallest absolute Gasteiger partial charge is 0.308 e. The Labute approximate surface area is 171 Å². The summed E-state index contributed by atoms with van der Waals surface area (Å²) in [6, 6.07) is 7.34. The molecule has 0 bridgehead atoms. The van der Waals surface area contributed by atoms with Gasteiger partial charge in [-0.05, 0) is 36.8 Å². The third kappa shape index (κ3) is 5.16. The number of carboxylic acids is 1. The summed E-state index contributed by atoms with van der Waals surface area (Å²) < 4.78 is 7.24. The number of benzene rings is 1. The summed E-state index contributed by atoms with van der Waals surface area (Å²) in [5.74, 6) is -0.495. The summed E-state index contributed by atoms with van der Waals surface area (Å²) in [7, 11) is 1.56. The van der Waals surface area contributed by atoms with Crippen LogP contribution < -0.4 is 10.1 Å². The molecule has 29 heavy (non-hydrogen) atoms. The van der Waals surface area contributed by atoms with Gasteiger partial charge < -0.3 is 15.2 Å². The number of carbonyl (C=O) groups excluding carboxylic acids is 1. The Bertz CT molecular complexity index is 871. The van der Waals surface area contributed by atoms with Crippen LogP contribution in [0.3, 0.4) is 0 Å². The van der Waals surface area contributed by atoms with Crippen LogP contribution in [0.5, 0.6) is 5.75 Å². The van der Waals surface area contributed by atoms with E-state index in [1.54, 1.807) is 19.4 Å². The zero-order chi connectivity index (χ0) is 21.0. The van der Waals surface area contributed by atoms with Gasteiger partial charge in [0.05, 0.1) is 30.5 Å². The van der Waals surface area contributed by atoms with Gasteiger partial charge in [-0.1, -0.05) is 32.0 Å². The van der Waals surface area contributed by atoms with Crippen LogP contribution in [-0.4, -0.2) is 40.4 Å². The molecule has 1 amide bonds. The van der Waals surface area contributed by atoms with Crippen molar-refractivity contribution < 1.29 is 19.4 Å². The number of aliphatic carboxylic acids is 1. The number of rotatable bonds is 10. The molecule has 1 fully saturated rings. The number of hydrogen-bond donors (Lipinski definition) is 2. The maximum atomic E-state index is 12.8. The summed E-state index contributed by atoms with van der Waals surface area (Å²) in [4.78, 5) is 24.6. The number of nitrogens with zero attached hydrogens (tertiary/aromatic N) is 2. The second-order valence-corrected chi connectivity index (χ2v) is 8.05. The average Bonchev–Trinajstić information content (AvgIpc) is 3.44. The van der Waals surface area contributed by atoms with Crippen molar-refractivity contribution in [2.75, 3.05) is 13.7 Å². The molecule has 1 atom stereocenters. The highest BCUT2D eigenvalue weighted by Crippen LogP contribution is 2.41. The minimum atomic E-state index is -0.950. The van der Waals surface area contributed by atoms with Crippen molar-refractivity contribution in [2.45, 2.75) is 45.6 Å². The number of hydrogen-bond acceptors (Lipinski definition) is 4. The lowest BCUT2D eigenvalue weighted by Crippen LogP contribution is -2.34. The van der Waals surface area contributed by atoms with Crippen LogP contribution in [0.4, 0.5) is 0 Å². The lowest BCUT2D eigenvalue weighted by atomic mass is 9.98.